The molecular weight excluding hydrogens is 514 g/mol. The number of hydrogen-bond donors (Lipinski definition) is 1. The van der Waals surface area contributed by atoms with Gasteiger partial charge in [-0.1, -0.05) is 43.0 Å². The fraction of sp³-hybridized carbons (Fsp3) is 0.290. The second-order valence-electron chi connectivity index (χ2n) is 9.74. The predicted molar refractivity (Wildman–Crippen MR) is 151 cm³/mol. The van der Waals surface area contributed by atoms with Gasteiger partial charge in [-0.2, -0.15) is 8.42 Å². The van der Waals surface area contributed by atoms with Crippen molar-refractivity contribution in [2.24, 2.45) is 0 Å². The van der Waals surface area contributed by atoms with E-state index in [1.54, 1.807) is 38.5 Å². The molecular formula is C31H33NO6S. The number of fused-ring (bicyclic) bond motifs is 4. The summed E-state index contributed by atoms with van der Waals surface area (Å²) in [6, 6.07) is 14.6. The Morgan fingerprint density at radius 1 is 1.00 bits per heavy atom. The number of nitrogens with zero attached hydrogens (tertiary/aromatic N) is 1. The molecule has 0 bridgehead atoms. The zero-order valence-corrected chi connectivity index (χ0v) is 23.0. The van der Waals surface area contributed by atoms with Gasteiger partial charge in [0.1, 0.15) is 17.3 Å². The number of benzene rings is 3. The molecule has 204 valence electrons. The van der Waals surface area contributed by atoms with Crippen LogP contribution in [0, 0.1) is 0 Å². The van der Waals surface area contributed by atoms with Crippen molar-refractivity contribution in [3.63, 3.8) is 0 Å². The summed E-state index contributed by atoms with van der Waals surface area (Å²) >= 11 is 0. The highest BCUT2D eigenvalue weighted by atomic mass is 32.2. The van der Waals surface area contributed by atoms with Crippen LogP contribution in [0.15, 0.2) is 78.7 Å². The lowest BCUT2D eigenvalue weighted by molar-refractivity contribution is 0.108. The molecule has 2 atom stereocenters. The molecule has 2 aliphatic rings. The Hall–Kier alpha value is -3.59. The molecule has 0 aromatic heterocycles. The highest BCUT2D eigenvalue weighted by molar-refractivity contribution is 7.86. The molecule has 0 amide bonds. The second kappa shape index (κ2) is 10.9. The zero-order valence-electron chi connectivity index (χ0n) is 22.2. The van der Waals surface area contributed by atoms with Crippen LogP contribution >= 0.6 is 0 Å². The van der Waals surface area contributed by atoms with E-state index in [0.717, 1.165) is 30.5 Å². The van der Waals surface area contributed by atoms with E-state index in [4.69, 9.17) is 14.2 Å². The fourth-order valence-corrected chi connectivity index (χ4v) is 6.78. The Bertz CT molecular complexity index is 1530. The van der Waals surface area contributed by atoms with Crippen LogP contribution in [0.3, 0.4) is 0 Å². The molecule has 0 aliphatic carbocycles. The van der Waals surface area contributed by atoms with E-state index < -0.39 is 10.1 Å². The van der Waals surface area contributed by atoms with Crippen LogP contribution < -0.4 is 14.2 Å². The van der Waals surface area contributed by atoms with Crippen LogP contribution in [-0.2, 0) is 23.0 Å². The smallest absolute Gasteiger partial charge is 0.295 e. The summed E-state index contributed by atoms with van der Waals surface area (Å²) in [5.41, 5.74) is 5.63. The Morgan fingerprint density at radius 2 is 1.77 bits per heavy atom. The summed E-state index contributed by atoms with van der Waals surface area (Å²) in [5.74, 6) is 1.94. The molecule has 0 radical (unpaired) electrons. The number of rotatable bonds is 9. The first-order valence-electron chi connectivity index (χ1n) is 12.9. The second-order valence-corrected chi connectivity index (χ2v) is 11.1. The molecule has 0 saturated carbocycles. The van der Waals surface area contributed by atoms with Crippen molar-refractivity contribution in [2.45, 2.75) is 36.2 Å². The van der Waals surface area contributed by atoms with Crippen molar-refractivity contribution in [2.75, 3.05) is 27.4 Å². The zero-order chi connectivity index (χ0) is 27.7. The van der Waals surface area contributed by atoms with Gasteiger partial charge in [0.25, 0.3) is 10.1 Å². The molecule has 0 saturated heterocycles. The molecule has 3 aromatic rings. The highest BCUT2D eigenvalue weighted by Gasteiger charge is 2.40. The molecule has 7 nitrogen and oxygen atoms in total. The van der Waals surface area contributed by atoms with E-state index >= 15 is 0 Å². The van der Waals surface area contributed by atoms with E-state index in [2.05, 4.69) is 36.3 Å². The number of hydrogen-bond acceptors (Lipinski definition) is 6. The van der Waals surface area contributed by atoms with E-state index in [9.17, 15) is 13.0 Å². The largest absolute Gasteiger partial charge is 0.496 e. The lowest BCUT2D eigenvalue weighted by Crippen LogP contribution is -2.43. The topological polar surface area (TPSA) is 85.3 Å². The van der Waals surface area contributed by atoms with E-state index in [-0.39, 0.29) is 17.0 Å². The number of methoxy groups -OCH3 is 2. The van der Waals surface area contributed by atoms with Gasteiger partial charge in [0.2, 0.25) is 0 Å². The van der Waals surface area contributed by atoms with Crippen molar-refractivity contribution in [1.29, 1.82) is 0 Å². The summed E-state index contributed by atoms with van der Waals surface area (Å²) < 4.78 is 52.2. The van der Waals surface area contributed by atoms with Crippen molar-refractivity contribution >= 4 is 10.1 Å². The van der Waals surface area contributed by atoms with Crippen molar-refractivity contribution < 1.29 is 27.2 Å². The van der Waals surface area contributed by atoms with Gasteiger partial charge in [0, 0.05) is 29.8 Å². The third-order valence-corrected chi connectivity index (χ3v) is 8.58. The lowest BCUT2D eigenvalue weighted by atomic mass is 9.77. The molecule has 39 heavy (non-hydrogen) atoms. The summed E-state index contributed by atoms with van der Waals surface area (Å²) in [6.07, 6.45) is 5.81. The molecule has 2 heterocycles. The molecule has 0 fully saturated rings. The average molecular weight is 548 g/mol. The summed E-state index contributed by atoms with van der Waals surface area (Å²) in [6.45, 7) is 8.99. The van der Waals surface area contributed by atoms with Gasteiger partial charge in [0.15, 0.2) is 11.5 Å². The highest BCUT2D eigenvalue weighted by Crippen LogP contribution is 2.52. The van der Waals surface area contributed by atoms with Crippen LogP contribution in [0.4, 0.5) is 0 Å². The van der Waals surface area contributed by atoms with Gasteiger partial charge >= 0.3 is 0 Å². The fourth-order valence-electron chi connectivity index (χ4n) is 6.08. The van der Waals surface area contributed by atoms with Gasteiger partial charge in [-0.25, -0.2) is 0 Å². The van der Waals surface area contributed by atoms with Crippen LogP contribution in [0.5, 0.6) is 17.2 Å². The van der Waals surface area contributed by atoms with Crippen molar-refractivity contribution in [1.82, 2.24) is 4.90 Å². The molecule has 0 spiro atoms. The van der Waals surface area contributed by atoms with Gasteiger partial charge in [0.05, 0.1) is 14.2 Å². The first-order chi connectivity index (χ1) is 18.8. The minimum absolute atomic E-state index is 0.0772. The third-order valence-electron chi connectivity index (χ3n) is 7.67. The Morgan fingerprint density at radius 3 is 2.46 bits per heavy atom. The van der Waals surface area contributed by atoms with Crippen LogP contribution in [0.25, 0.3) is 11.1 Å². The first kappa shape index (κ1) is 27.0. The quantitative estimate of drug-likeness (QED) is 0.262. The van der Waals surface area contributed by atoms with Crippen LogP contribution in [0.1, 0.15) is 40.8 Å². The standard InChI is InChI=1S/C31H33NO6S/c1-5-9-24-30-21(12-13-26(36-3)31(30)22-10-7-8-11-29(22)39(33,34)35)17-25-23-19-27(37-4)28(38-16-6-2)18-20(23)14-15-32(24)25/h5-8,10-13,18-19,24-25H,1-2,9,14-17H2,3-4H3,(H,33,34,35). The molecule has 1 N–H and O–H groups in total. The van der Waals surface area contributed by atoms with Crippen LogP contribution in [-0.4, -0.2) is 45.2 Å². The number of ether oxygens (including phenoxy) is 3. The molecule has 2 aliphatic heterocycles. The summed E-state index contributed by atoms with van der Waals surface area (Å²) in [4.78, 5) is 2.33. The van der Waals surface area contributed by atoms with E-state index in [0.29, 0.717) is 41.4 Å². The van der Waals surface area contributed by atoms with Crippen molar-refractivity contribution in [3.8, 4) is 28.4 Å². The molecule has 8 heteroatoms. The Balaban J connectivity index is 1.70. The summed E-state index contributed by atoms with van der Waals surface area (Å²) in [7, 11) is -1.25. The van der Waals surface area contributed by atoms with Gasteiger partial charge in [-0.05, 0) is 65.8 Å². The van der Waals surface area contributed by atoms with Gasteiger partial charge < -0.3 is 14.2 Å². The first-order valence-corrected chi connectivity index (χ1v) is 14.3. The maximum Gasteiger partial charge on any atom is 0.295 e. The van der Waals surface area contributed by atoms with E-state index in [1.165, 1.54) is 17.2 Å². The minimum atomic E-state index is -4.47. The molecule has 2 unspecified atom stereocenters. The Labute approximate surface area is 230 Å². The van der Waals surface area contributed by atoms with Crippen LogP contribution in [0.2, 0.25) is 0 Å². The average Bonchev–Trinajstić information content (AvgIpc) is 2.94. The Kier molecular flexibility index (Phi) is 7.53. The lowest BCUT2D eigenvalue weighted by Gasteiger charge is -2.47. The third kappa shape index (κ3) is 4.84. The van der Waals surface area contributed by atoms with Gasteiger partial charge in [-0.3, -0.25) is 9.45 Å². The normalized spacial score (nSPS) is 18.3. The minimum Gasteiger partial charge on any atom is -0.496 e. The molecule has 5 rings (SSSR count). The van der Waals surface area contributed by atoms with Gasteiger partial charge in [-0.15, -0.1) is 6.58 Å². The SMILES string of the molecule is C=CCOc1cc2c(cc1OC)C1Cc3ccc(OC)c(-c4ccccc4S(=O)(=O)O)c3C(CC=C)N1CC2. The molecule has 3 aromatic carbocycles. The maximum atomic E-state index is 12.4. The van der Waals surface area contributed by atoms with E-state index in [1.807, 2.05) is 12.1 Å². The predicted octanol–water partition coefficient (Wildman–Crippen LogP) is 5.96. The summed E-state index contributed by atoms with van der Waals surface area (Å²) in [5, 5.41) is 0. The van der Waals surface area contributed by atoms with Crippen molar-refractivity contribution in [3.05, 3.63) is 96.1 Å². The maximum absolute atomic E-state index is 12.4. The monoisotopic (exact) mass is 547 g/mol.